The van der Waals surface area contributed by atoms with Gasteiger partial charge in [0.2, 0.25) is 5.91 Å². The summed E-state index contributed by atoms with van der Waals surface area (Å²) in [6.45, 7) is 3.09. The fraction of sp³-hybridized carbons (Fsp3) is 0.750. The number of rotatable bonds is 4. The molecular formula is C8H16N2O3. The summed E-state index contributed by atoms with van der Waals surface area (Å²) < 4.78 is 0. The molecule has 0 heterocycles. The highest BCUT2D eigenvalue weighted by atomic mass is 16.4. The smallest absolute Gasteiger partial charge is 0.328 e. The summed E-state index contributed by atoms with van der Waals surface area (Å²) in [7, 11) is 3.49. The van der Waals surface area contributed by atoms with Crippen molar-refractivity contribution < 1.29 is 14.7 Å². The molecule has 1 amide bonds. The van der Waals surface area contributed by atoms with Crippen LogP contribution in [0.15, 0.2) is 0 Å². The Bertz CT molecular complexity index is 211. The molecule has 76 valence electrons. The van der Waals surface area contributed by atoms with Gasteiger partial charge < -0.3 is 15.3 Å². The first-order chi connectivity index (χ1) is 5.75. The van der Waals surface area contributed by atoms with Gasteiger partial charge in [0.25, 0.3) is 0 Å². The molecule has 13 heavy (non-hydrogen) atoms. The van der Waals surface area contributed by atoms with Crippen molar-refractivity contribution in [3.05, 3.63) is 0 Å². The Morgan fingerprint density at radius 1 is 1.38 bits per heavy atom. The van der Waals surface area contributed by atoms with Crippen LogP contribution >= 0.6 is 0 Å². The summed E-state index contributed by atoms with van der Waals surface area (Å²) in [5, 5.41) is 11.1. The number of likely N-dealkylation sites (N-methyl/N-ethyl adjacent to an activating group) is 1. The number of aliphatic carboxylic acids is 1. The van der Waals surface area contributed by atoms with Crippen molar-refractivity contribution in [2.45, 2.75) is 19.4 Å². The molecule has 0 spiro atoms. The molecule has 0 rings (SSSR count). The fourth-order valence-electron chi connectivity index (χ4n) is 0.729. The van der Waals surface area contributed by atoms with Crippen LogP contribution in [0.4, 0.5) is 0 Å². The highest BCUT2D eigenvalue weighted by Crippen LogP contribution is 2.00. The van der Waals surface area contributed by atoms with Crippen molar-refractivity contribution in [1.82, 2.24) is 10.2 Å². The van der Waals surface area contributed by atoms with Gasteiger partial charge in [-0.05, 0) is 27.9 Å². The molecule has 0 radical (unpaired) electrons. The number of carbonyl (C=O) groups excluding carboxylic acids is 1. The molecule has 0 aromatic carbocycles. The average molecular weight is 188 g/mol. The lowest BCUT2D eigenvalue weighted by atomic mass is 10.1. The third-order valence-electron chi connectivity index (χ3n) is 1.45. The molecule has 0 aliphatic heterocycles. The molecule has 5 nitrogen and oxygen atoms in total. The van der Waals surface area contributed by atoms with E-state index in [1.54, 1.807) is 19.0 Å². The van der Waals surface area contributed by atoms with E-state index in [4.69, 9.17) is 5.11 Å². The molecule has 0 aliphatic rings. The Morgan fingerprint density at radius 3 is 2.15 bits per heavy atom. The first-order valence-electron chi connectivity index (χ1n) is 3.95. The van der Waals surface area contributed by atoms with Crippen LogP contribution in [0.3, 0.4) is 0 Å². The molecule has 0 atom stereocenters. The van der Waals surface area contributed by atoms with Crippen molar-refractivity contribution in [2.75, 3.05) is 20.6 Å². The summed E-state index contributed by atoms with van der Waals surface area (Å²) in [5.41, 5.74) is -1.20. The number of hydrogen-bond donors (Lipinski definition) is 2. The van der Waals surface area contributed by atoms with E-state index in [1.807, 2.05) is 0 Å². The molecule has 0 aromatic heterocycles. The van der Waals surface area contributed by atoms with Gasteiger partial charge in [0, 0.05) is 0 Å². The third-order valence-corrected chi connectivity index (χ3v) is 1.45. The highest BCUT2D eigenvalue weighted by molar-refractivity contribution is 5.87. The number of carbonyl (C=O) groups is 2. The Hall–Kier alpha value is -1.10. The second-order valence-electron chi connectivity index (χ2n) is 3.72. The lowest BCUT2D eigenvalue weighted by Crippen LogP contribution is -2.51. The lowest BCUT2D eigenvalue weighted by Gasteiger charge is -2.22. The first kappa shape index (κ1) is 11.9. The number of amides is 1. The van der Waals surface area contributed by atoms with Crippen LogP contribution in [0, 0.1) is 0 Å². The van der Waals surface area contributed by atoms with Gasteiger partial charge in [-0.3, -0.25) is 4.79 Å². The van der Waals surface area contributed by atoms with Crippen LogP contribution < -0.4 is 5.32 Å². The highest BCUT2D eigenvalue weighted by Gasteiger charge is 2.28. The van der Waals surface area contributed by atoms with Crippen LogP contribution in [-0.4, -0.2) is 48.1 Å². The van der Waals surface area contributed by atoms with Gasteiger partial charge in [0.05, 0.1) is 6.54 Å². The van der Waals surface area contributed by atoms with Crippen LogP contribution in [0.1, 0.15) is 13.8 Å². The Kier molecular flexibility index (Phi) is 3.87. The summed E-state index contributed by atoms with van der Waals surface area (Å²) in [4.78, 5) is 23.4. The monoisotopic (exact) mass is 188 g/mol. The SMILES string of the molecule is CN(C)CC(=O)NC(C)(C)C(=O)O. The van der Waals surface area contributed by atoms with Crippen LogP contribution in [0.5, 0.6) is 0 Å². The fourth-order valence-corrected chi connectivity index (χ4v) is 0.729. The van der Waals surface area contributed by atoms with E-state index >= 15 is 0 Å². The number of carboxylic acids is 1. The summed E-state index contributed by atoms with van der Waals surface area (Å²) >= 11 is 0. The zero-order valence-corrected chi connectivity index (χ0v) is 8.42. The number of carboxylic acid groups (broad SMARTS) is 1. The second kappa shape index (κ2) is 4.23. The molecule has 2 N–H and O–H groups in total. The lowest BCUT2D eigenvalue weighted by molar-refractivity contribution is -0.146. The van der Waals surface area contributed by atoms with Gasteiger partial charge in [0.15, 0.2) is 0 Å². The minimum atomic E-state index is -1.20. The van der Waals surface area contributed by atoms with Gasteiger partial charge in [0.1, 0.15) is 5.54 Å². The molecule has 0 aliphatic carbocycles. The molecule has 0 saturated carbocycles. The van der Waals surface area contributed by atoms with E-state index in [0.717, 1.165) is 0 Å². The van der Waals surface area contributed by atoms with Crippen LogP contribution in [-0.2, 0) is 9.59 Å². The van der Waals surface area contributed by atoms with Crippen molar-refractivity contribution in [3.8, 4) is 0 Å². The predicted octanol–water partition coefficient (Wildman–Crippen LogP) is -0.473. The maximum atomic E-state index is 11.2. The van der Waals surface area contributed by atoms with Crippen LogP contribution in [0.2, 0.25) is 0 Å². The van der Waals surface area contributed by atoms with Crippen molar-refractivity contribution in [1.29, 1.82) is 0 Å². The topological polar surface area (TPSA) is 69.6 Å². The van der Waals surface area contributed by atoms with Crippen LogP contribution in [0.25, 0.3) is 0 Å². The Morgan fingerprint density at radius 2 is 1.85 bits per heavy atom. The predicted molar refractivity (Wildman–Crippen MR) is 48.4 cm³/mol. The number of hydrogen-bond acceptors (Lipinski definition) is 3. The molecule has 0 unspecified atom stereocenters. The van der Waals surface area contributed by atoms with Crippen molar-refractivity contribution in [3.63, 3.8) is 0 Å². The second-order valence-corrected chi connectivity index (χ2v) is 3.72. The van der Waals surface area contributed by atoms with E-state index in [9.17, 15) is 9.59 Å². The molecule has 0 fully saturated rings. The minimum absolute atomic E-state index is 0.191. The molecular weight excluding hydrogens is 172 g/mol. The zero-order chi connectivity index (χ0) is 10.6. The van der Waals surface area contributed by atoms with E-state index in [0.29, 0.717) is 0 Å². The van der Waals surface area contributed by atoms with E-state index in [2.05, 4.69) is 5.32 Å². The Labute approximate surface area is 77.7 Å². The summed E-state index contributed by atoms with van der Waals surface area (Å²) in [5.74, 6) is -1.34. The van der Waals surface area contributed by atoms with Gasteiger partial charge in [-0.2, -0.15) is 0 Å². The molecule has 0 saturated heterocycles. The minimum Gasteiger partial charge on any atom is -0.480 e. The average Bonchev–Trinajstić information content (AvgIpc) is 1.82. The maximum Gasteiger partial charge on any atom is 0.328 e. The normalized spacial score (nSPS) is 11.5. The number of nitrogens with one attached hydrogen (secondary N) is 1. The quantitative estimate of drug-likeness (QED) is 0.625. The summed E-state index contributed by atoms with van der Waals surface area (Å²) in [6.07, 6.45) is 0. The van der Waals surface area contributed by atoms with Gasteiger partial charge in [-0.15, -0.1) is 0 Å². The number of nitrogens with zero attached hydrogens (tertiary/aromatic N) is 1. The Balaban J connectivity index is 4.12. The van der Waals surface area contributed by atoms with E-state index in [1.165, 1.54) is 13.8 Å². The molecule has 0 bridgehead atoms. The first-order valence-corrected chi connectivity index (χ1v) is 3.95. The van der Waals surface area contributed by atoms with Gasteiger partial charge >= 0.3 is 5.97 Å². The largest absolute Gasteiger partial charge is 0.480 e. The van der Waals surface area contributed by atoms with Gasteiger partial charge in [-0.25, -0.2) is 4.79 Å². The van der Waals surface area contributed by atoms with E-state index in [-0.39, 0.29) is 12.5 Å². The third kappa shape index (κ3) is 4.47. The maximum absolute atomic E-state index is 11.2. The van der Waals surface area contributed by atoms with E-state index < -0.39 is 11.5 Å². The molecule has 0 aromatic rings. The van der Waals surface area contributed by atoms with Crippen molar-refractivity contribution in [2.24, 2.45) is 0 Å². The van der Waals surface area contributed by atoms with Gasteiger partial charge in [-0.1, -0.05) is 0 Å². The standard InChI is InChI=1S/C8H16N2O3/c1-8(2,7(12)13)9-6(11)5-10(3)4/h5H2,1-4H3,(H,9,11)(H,12,13). The summed E-state index contributed by atoms with van der Waals surface area (Å²) in [6, 6.07) is 0. The van der Waals surface area contributed by atoms with Crippen molar-refractivity contribution >= 4 is 11.9 Å². The zero-order valence-electron chi connectivity index (χ0n) is 8.42. The molecule has 5 heteroatoms.